The van der Waals surface area contributed by atoms with Crippen LogP contribution >= 0.6 is 0 Å². The van der Waals surface area contributed by atoms with Gasteiger partial charge in [-0.2, -0.15) is 15.3 Å². The fourth-order valence-electron chi connectivity index (χ4n) is 4.19. The van der Waals surface area contributed by atoms with Crippen LogP contribution in [0.1, 0.15) is 18.1 Å². The van der Waals surface area contributed by atoms with Crippen LogP contribution in [0.4, 0.5) is 0 Å². The molecule has 5 aromatic heterocycles. The molecule has 0 aliphatic carbocycles. The Morgan fingerprint density at radius 2 is 1.91 bits per heavy atom. The predicted octanol–water partition coefficient (Wildman–Crippen LogP) is 3.92. The molecule has 0 aliphatic rings. The number of aromatic nitrogens is 8. The number of hydrogen-bond acceptors (Lipinski definition) is 7. The molecule has 3 N–H and O–H groups in total. The first-order valence-corrected chi connectivity index (χ1v) is 10.8. The number of nitrogens with one attached hydrogen (secondary N) is 3. The van der Waals surface area contributed by atoms with E-state index in [-0.39, 0.29) is 0 Å². The lowest BCUT2D eigenvalue weighted by atomic mass is 9.99. The molecule has 9 nitrogen and oxygen atoms in total. The van der Waals surface area contributed by atoms with Crippen LogP contribution in [0, 0.1) is 6.92 Å². The zero-order chi connectivity index (χ0) is 22.4. The molecule has 0 atom stereocenters. The van der Waals surface area contributed by atoms with Gasteiger partial charge >= 0.3 is 0 Å². The number of imidazole rings is 1. The van der Waals surface area contributed by atoms with Crippen molar-refractivity contribution in [3.05, 3.63) is 60.3 Å². The Morgan fingerprint density at radius 3 is 2.82 bits per heavy atom. The molecule has 9 heteroatoms. The van der Waals surface area contributed by atoms with Gasteiger partial charge in [-0.05, 0) is 36.7 Å². The van der Waals surface area contributed by atoms with Gasteiger partial charge in [-0.15, -0.1) is 0 Å². The Morgan fingerprint density at radius 1 is 1.00 bits per heavy atom. The molecular formula is C24H21N9. The molecule has 1 aromatic carbocycles. The highest BCUT2D eigenvalue weighted by Gasteiger charge is 2.16. The molecule has 5 heterocycles. The lowest BCUT2D eigenvalue weighted by Crippen LogP contribution is -2.13. The van der Waals surface area contributed by atoms with E-state index in [1.165, 1.54) is 11.1 Å². The molecule has 0 spiro atoms. The van der Waals surface area contributed by atoms with Gasteiger partial charge in [-0.1, -0.05) is 13.0 Å². The molecular weight excluding hydrogens is 414 g/mol. The molecule has 0 aliphatic heterocycles. The Bertz CT molecular complexity index is 1630. The summed E-state index contributed by atoms with van der Waals surface area (Å²) in [6, 6.07) is 6.07. The number of aromatic amines is 2. The third-order valence-corrected chi connectivity index (χ3v) is 6.02. The summed E-state index contributed by atoms with van der Waals surface area (Å²) >= 11 is 0. The van der Waals surface area contributed by atoms with E-state index in [0.29, 0.717) is 11.5 Å². The van der Waals surface area contributed by atoms with Crippen LogP contribution in [-0.2, 0) is 6.54 Å². The molecule has 162 valence electrons. The van der Waals surface area contributed by atoms with Crippen LogP contribution in [0.5, 0.6) is 0 Å². The van der Waals surface area contributed by atoms with Gasteiger partial charge in [0.05, 0.1) is 28.8 Å². The van der Waals surface area contributed by atoms with Crippen molar-refractivity contribution in [2.75, 3.05) is 6.54 Å². The number of benzene rings is 1. The van der Waals surface area contributed by atoms with Crippen molar-refractivity contribution in [3.63, 3.8) is 0 Å². The number of nitrogens with zero attached hydrogens (tertiary/aromatic N) is 6. The summed E-state index contributed by atoms with van der Waals surface area (Å²) in [6.45, 7) is 5.92. The SMILES string of the molecule is CCNCc1cncc(-c2cnc3[nH]nc(-c4nc5ccc6cnncc6c5[nH]4)c3c2)c1C. The first-order valence-electron chi connectivity index (χ1n) is 10.8. The van der Waals surface area contributed by atoms with Crippen LogP contribution in [-0.4, -0.2) is 46.9 Å². The molecule has 0 unspecified atom stereocenters. The molecule has 6 aromatic rings. The Kier molecular flexibility index (Phi) is 4.55. The molecule has 0 saturated heterocycles. The number of H-pyrrole nitrogens is 2. The number of rotatable bonds is 5. The van der Waals surface area contributed by atoms with Gasteiger partial charge < -0.3 is 10.3 Å². The van der Waals surface area contributed by atoms with Crippen molar-refractivity contribution in [2.45, 2.75) is 20.4 Å². The van der Waals surface area contributed by atoms with E-state index >= 15 is 0 Å². The van der Waals surface area contributed by atoms with Gasteiger partial charge in [0.15, 0.2) is 11.5 Å². The monoisotopic (exact) mass is 435 g/mol. The topological polar surface area (TPSA) is 121 Å². The van der Waals surface area contributed by atoms with Crippen molar-refractivity contribution >= 4 is 32.8 Å². The Hall–Kier alpha value is -4.24. The van der Waals surface area contributed by atoms with E-state index in [1.807, 2.05) is 30.7 Å². The highest BCUT2D eigenvalue weighted by Crippen LogP contribution is 2.32. The smallest absolute Gasteiger partial charge is 0.159 e. The largest absolute Gasteiger partial charge is 0.336 e. The zero-order valence-corrected chi connectivity index (χ0v) is 18.2. The van der Waals surface area contributed by atoms with Crippen LogP contribution in [0.15, 0.2) is 49.2 Å². The van der Waals surface area contributed by atoms with E-state index in [0.717, 1.165) is 57.1 Å². The van der Waals surface area contributed by atoms with Gasteiger partial charge in [-0.25, -0.2) is 9.97 Å². The van der Waals surface area contributed by atoms with E-state index < -0.39 is 0 Å². The number of fused-ring (bicyclic) bond motifs is 4. The zero-order valence-electron chi connectivity index (χ0n) is 18.2. The summed E-state index contributed by atoms with van der Waals surface area (Å²) in [7, 11) is 0. The van der Waals surface area contributed by atoms with E-state index in [2.05, 4.69) is 60.6 Å². The maximum atomic E-state index is 4.79. The molecule has 0 fully saturated rings. The molecule has 0 saturated carbocycles. The van der Waals surface area contributed by atoms with Gasteiger partial charge in [0.1, 0.15) is 5.69 Å². The van der Waals surface area contributed by atoms with Crippen LogP contribution < -0.4 is 5.32 Å². The summed E-state index contributed by atoms with van der Waals surface area (Å²) in [6.07, 6.45) is 9.16. The van der Waals surface area contributed by atoms with Crippen LogP contribution in [0.3, 0.4) is 0 Å². The standard InChI is InChI=1S/C24H21N9/c1-3-25-7-16-8-26-11-18(13(16)2)15-6-17-22(32-33-23(17)27-9-15)24-30-20-5-4-14-10-28-29-12-19(14)21(20)31-24/h4-6,8-12,25H,3,7H2,1-2H3,(H,30,31)(H,27,32,33). The van der Waals surface area contributed by atoms with Gasteiger partial charge in [-0.3, -0.25) is 10.1 Å². The van der Waals surface area contributed by atoms with Gasteiger partial charge in [0.2, 0.25) is 0 Å². The summed E-state index contributed by atoms with van der Waals surface area (Å²) in [5.41, 5.74) is 7.60. The molecule has 6 rings (SSSR count). The fourth-order valence-corrected chi connectivity index (χ4v) is 4.19. The molecule has 0 bridgehead atoms. The van der Waals surface area contributed by atoms with Gasteiger partial charge in [0.25, 0.3) is 0 Å². The summed E-state index contributed by atoms with van der Waals surface area (Å²) in [4.78, 5) is 17.3. The first kappa shape index (κ1) is 19.4. The summed E-state index contributed by atoms with van der Waals surface area (Å²) in [5.74, 6) is 0.676. The Balaban J connectivity index is 1.48. The fraction of sp³-hybridized carbons (Fsp3) is 0.167. The lowest BCUT2D eigenvalue weighted by molar-refractivity contribution is 0.721. The normalized spacial score (nSPS) is 11.7. The second-order valence-corrected chi connectivity index (χ2v) is 7.98. The lowest BCUT2D eigenvalue weighted by Gasteiger charge is -2.11. The summed E-state index contributed by atoms with van der Waals surface area (Å²) < 4.78 is 0. The second-order valence-electron chi connectivity index (χ2n) is 7.98. The number of pyridine rings is 2. The highest BCUT2D eigenvalue weighted by atomic mass is 15.2. The minimum atomic E-state index is 0.676. The van der Waals surface area contributed by atoms with Crippen molar-refractivity contribution in [1.29, 1.82) is 0 Å². The number of hydrogen-bond donors (Lipinski definition) is 3. The van der Waals surface area contributed by atoms with E-state index in [4.69, 9.17) is 4.98 Å². The van der Waals surface area contributed by atoms with Crippen molar-refractivity contribution < 1.29 is 0 Å². The third kappa shape index (κ3) is 3.21. The van der Waals surface area contributed by atoms with Gasteiger partial charge in [0, 0.05) is 47.0 Å². The molecule has 0 radical (unpaired) electrons. The Labute approximate surface area is 188 Å². The van der Waals surface area contributed by atoms with Crippen molar-refractivity contribution in [1.82, 2.24) is 45.6 Å². The highest BCUT2D eigenvalue weighted by molar-refractivity contribution is 6.05. The summed E-state index contributed by atoms with van der Waals surface area (Å²) in [5, 5.41) is 21.8. The van der Waals surface area contributed by atoms with Crippen molar-refractivity contribution in [3.8, 4) is 22.6 Å². The quantitative estimate of drug-likeness (QED) is 0.375. The minimum absolute atomic E-state index is 0.676. The second kappa shape index (κ2) is 7.72. The van der Waals surface area contributed by atoms with Crippen LogP contribution in [0.2, 0.25) is 0 Å². The van der Waals surface area contributed by atoms with E-state index in [9.17, 15) is 0 Å². The van der Waals surface area contributed by atoms with E-state index in [1.54, 1.807) is 12.4 Å². The first-order chi connectivity index (χ1) is 16.2. The molecule has 33 heavy (non-hydrogen) atoms. The maximum absolute atomic E-state index is 4.79. The van der Waals surface area contributed by atoms with Crippen molar-refractivity contribution in [2.24, 2.45) is 0 Å². The average Bonchev–Trinajstić information content (AvgIpc) is 3.47. The third-order valence-electron chi connectivity index (χ3n) is 6.02. The van der Waals surface area contributed by atoms with Crippen LogP contribution in [0.25, 0.3) is 55.5 Å². The average molecular weight is 435 g/mol. The molecule has 0 amide bonds. The minimum Gasteiger partial charge on any atom is -0.336 e. The predicted molar refractivity (Wildman–Crippen MR) is 127 cm³/mol. The maximum Gasteiger partial charge on any atom is 0.159 e.